The fourth-order valence-electron chi connectivity index (χ4n) is 2.00. The van der Waals surface area contributed by atoms with Gasteiger partial charge in [-0.3, -0.25) is 0 Å². The van der Waals surface area contributed by atoms with Crippen LogP contribution in [-0.2, 0) is 4.74 Å². The predicted octanol–water partition coefficient (Wildman–Crippen LogP) is 1.94. The molecule has 2 nitrogen and oxygen atoms in total. The summed E-state index contributed by atoms with van der Waals surface area (Å²) in [5.74, 6) is 0. The predicted molar refractivity (Wildman–Crippen MR) is 51.3 cm³/mol. The first-order chi connectivity index (χ1) is 5.74. The van der Waals surface area contributed by atoms with Gasteiger partial charge in [0.1, 0.15) is 0 Å². The largest absolute Gasteiger partial charge is 0.380 e. The van der Waals surface area contributed by atoms with E-state index in [-0.39, 0.29) is 0 Å². The molecule has 12 heavy (non-hydrogen) atoms. The first-order valence-corrected chi connectivity index (χ1v) is 5.03. The summed E-state index contributed by atoms with van der Waals surface area (Å²) >= 11 is 0. The Morgan fingerprint density at radius 2 is 1.92 bits per heavy atom. The number of rotatable bonds is 3. The van der Waals surface area contributed by atoms with E-state index in [1.807, 2.05) is 7.11 Å². The van der Waals surface area contributed by atoms with E-state index in [1.165, 1.54) is 25.7 Å². The highest BCUT2D eigenvalue weighted by Crippen LogP contribution is 2.20. The van der Waals surface area contributed by atoms with Crippen molar-refractivity contribution in [3.63, 3.8) is 0 Å². The molecule has 0 amide bonds. The molecule has 2 atom stereocenters. The maximum atomic E-state index is 5.44. The van der Waals surface area contributed by atoms with Crippen LogP contribution in [0.1, 0.15) is 39.5 Å². The average molecular weight is 171 g/mol. The Kier molecular flexibility index (Phi) is 4.02. The van der Waals surface area contributed by atoms with Crippen molar-refractivity contribution in [1.29, 1.82) is 0 Å². The summed E-state index contributed by atoms with van der Waals surface area (Å²) in [6.45, 7) is 4.39. The van der Waals surface area contributed by atoms with Gasteiger partial charge in [0.05, 0.1) is 6.10 Å². The SMILES string of the molecule is CO[C@@H]1CCCC[C@@H]1NC(C)C. The lowest BCUT2D eigenvalue weighted by Gasteiger charge is -2.32. The van der Waals surface area contributed by atoms with E-state index in [9.17, 15) is 0 Å². The van der Waals surface area contributed by atoms with Crippen molar-refractivity contribution in [2.45, 2.75) is 57.7 Å². The Hall–Kier alpha value is -0.0800. The third-order valence-corrected chi connectivity index (χ3v) is 2.55. The van der Waals surface area contributed by atoms with Crippen LogP contribution in [0.4, 0.5) is 0 Å². The minimum Gasteiger partial charge on any atom is -0.380 e. The zero-order valence-corrected chi connectivity index (χ0v) is 8.47. The van der Waals surface area contributed by atoms with Gasteiger partial charge in [0, 0.05) is 19.2 Å². The van der Waals surface area contributed by atoms with E-state index in [1.54, 1.807) is 0 Å². The molecule has 0 radical (unpaired) electrons. The van der Waals surface area contributed by atoms with E-state index in [4.69, 9.17) is 4.74 Å². The van der Waals surface area contributed by atoms with Crippen molar-refractivity contribution >= 4 is 0 Å². The van der Waals surface area contributed by atoms with Crippen LogP contribution in [-0.4, -0.2) is 25.3 Å². The summed E-state index contributed by atoms with van der Waals surface area (Å²) in [6, 6.07) is 1.16. The number of hydrogen-bond acceptors (Lipinski definition) is 2. The van der Waals surface area contributed by atoms with Gasteiger partial charge in [0.25, 0.3) is 0 Å². The molecule has 0 unspecified atom stereocenters. The Bertz CT molecular complexity index is 125. The van der Waals surface area contributed by atoms with Crippen molar-refractivity contribution in [1.82, 2.24) is 5.32 Å². The molecule has 0 aromatic carbocycles. The molecule has 72 valence electrons. The van der Waals surface area contributed by atoms with Gasteiger partial charge in [-0.05, 0) is 12.8 Å². The van der Waals surface area contributed by atoms with Crippen LogP contribution in [0.5, 0.6) is 0 Å². The zero-order valence-electron chi connectivity index (χ0n) is 8.47. The molecule has 1 aliphatic carbocycles. The third-order valence-electron chi connectivity index (χ3n) is 2.55. The smallest absolute Gasteiger partial charge is 0.0724 e. The van der Waals surface area contributed by atoms with Gasteiger partial charge in [0.15, 0.2) is 0 Å². The fraction of sp³-hybridized carbons (Fsp3) is 1.00. The third kappa shape index (κ3) is 2.76. The lowest BCUT2D eigenvalue weighted by atomic mass is 9.92. The molecule has 0 aromatic rings. The fourth-order valence-corrected chi connectivity index (χ4v) is 2.00. The molecule has 1 fully saturated rings. The second kappa shape index (κ2) is 4.83. The van der Waals surface area contributed by atoms with Gasteiger partial charge in [-0.1, -0.05) is 26.7 Å². The van der Waals surface area contributed by atoms with Gasteiger partial charge in [0.2, 0.25) is 0 Å². The molecule has 1 aliphatic rings. The molecule has 0 spiro atoms. The van der Waals surface area contributed by atoms with Gasteiger partial charge in [-0.25, -0.2) is 0 Å². The summed E-state index contributed by atoms with van der Waals surface area (Å²) in [6.07, 6.45) is 5.62. The zero-order chi connectivity index (χ0) is 8.97. The normalized spacial score (nSPS) is 31.0. The summed E-state index contributed by atoms with van der Waals surface area (Å²) in [4.78, 5) is 0. The molecule has 0 saturated heterocycles. The second-order valence-electron chi connectivity index (χ2n) is 3.99. The van der Waals surface area contributed by atoms with E-state index in [2.05, 4.69) is 19.2 Å². The van der Waals surface area contributed by atoms with Crippen molar-refractivity contribution in [2.24, 2.45) is 0 Å². The molecular weight excluding hydrogens is 150 g/mol. The lowest BCUT2D eigenvalue weighted by molar-refractivity contribution is 0.0392. The van der Waals surface area contributed by atoms with Crippen LogP contribution in [0, 0.1) is 0 Å². The van der Waals surface area contributed by atoms with E-state index < -0.39 is 0 Å². The molecule has 0 aliphatic heterocycles. The second-order valence-corrected chi connectivity index (χ2v) is 3.99. The highest BCUT2D eigenvalue weighted by Gasteiger charge is 2.24. The monoisotopic (exact) mass is 171 g/mol. The highest BCUT2D eigenvalue weighted by molar-refractivity contribution is 4.82. The summed E-state index contributed by atoms with van der Waals surface area (Å²) < 4.78 is 5.44. The van der Waals surface area contributed by atoms with Crippen LogP contribution >= 0.6 is 0 Å². The number of nitrogens with one attached hydrogen (secondary N) is 1. The first kappa shape index (κ1) is 10.0. The number of ether oxygens (including phenoxy) is 1. The Morgan fingerprint density at radius 1 is 1.25 bits per heavy atom. The maximum Gasteiger partial charge on any atom is 0.0724 e. The summed E-state index contributed by atoms with van der Waals surface area (Å²) in [5, 5.41) is 3.56. The van der Waals surface area contributed by atoms with Crippen molar-refractivity contribution < 1.29 is 4.74 Å². The standard InChI is InChI=1S/C10H21NO/c1-8(2)11-9-6-4-5-7-10(9)12-3/h8-11H,4-7H2,1-3H3/t9-,10+/m0/s1. The lowest BCUT2D eigenvalue weighted by Crippen LogP contribution is -2.45. The van der Waals surface area contributed by atoms with Crippen molar-refractivity contribution in [3.05, 3.63) is 0 Å². The van der Waals surface area contributed by atoms with Gasteiger partial charge in [-0.2, -0.15) is 0 Å². The molecule has 1 saturated carbocycles. The van der Waals surface area contributed by atoms with Crippen LogP contribution in [0.2, 0.25) is 0 Å². The van der Waals surface area contributed by atoms with Crippen LogP contribution in [0.15, 0.2) is 0 Å². The van der Waals surface area contributed by atoms with Gasteiger partial charge >= 0.3 is 0 Å². The molecule has 0 heterocycles. The van der Waals surface area contributed by atoms with Crippen molar-refractivity contribution in [2.75, 3.05) is 7.11 Å². The maximum absolute atomic E-state index is 5.44. The molecule has 0 aromatic heterocycles. The molecule has 1 N–H and O–H groups in total. The molecule has 2 heteroatoms. The quantitative estimate of drug-likeness (QED) is 0.700. The topological polar surface area (TPSA) is 21.3 Å². The Labute approximate surface area is 75.7 Å². The minimum absolute atomic E-state index is 0.446. The first-order valence-electron chi connectivity index (χ1n) is 5.03. The average Bonchev–Trinajstić information content (AvgIpc) is 2.04. The molecule has 0 bridgehead atoms. The Balaban J connectivity index is 2.36. The van der Waals surface area contributed by atoms with Gasteiger partial charge in [-0.15, -0.1) is 0 Å². The van der Waals surface area contributed by atoms with Crippen LogP contribution in [0.25, 0.3) is 0 Å². The van der Waals surface area contributed by atoms with E-state index in [0.29, 0.717) is 18.2 Å². The summed E-state index contributed by atoms with van der Waals surface area (Å²) in [7, 11) is 1.82. The van der Waals surface area contributed by atoms with Crippen LogP contribution in [0.3, 0.4) is 0 Å². The van der Waals surface area contributed by atoms with Crippen LogP contribution < -0.4 is 5.32 Å². The van der Waals surface area contributed by atoms with Gasteiger partial charge < -0.3 is 10.1 Å². The molecule has 1 rings (SSSR count). The Morgan fingerprint density at radius 3 is 2.50 bits per heavy atom. The van der Waals surface area contributed by atoms with E-state index in [0.717, 1.165) is 0 Å². The number of hydrogen-bond donors (Lipinski definition) is 1. The number of methoxy groups -OCH3 is 1. The molecular formula is C10H21NO. The summed E-state index contributed by atoms with van der Waals surface area (Å²) in [5.41, 5.74) is 0. The van der Waals surface area contributed by atoms with Crippen molar-refractivity contribution in [3.8, 4) is 0 Å². The highest BCUT2D eigenvalue weighted by atomic mass is 16.5. The minimum atomic E-state index is 0.446. The van der Waals surface area contributed by atoms with E-state index >= 15 is 0 Å².